The number of carbonyl (C=O) groups is 2. The second kappa shape index (κ2) is 7.12. The van der Waals surface area contributed by atoms with Crippen molar-refractivity contribution in [2.24, 2.45) is 0 Å². The molecule has 0 spiro atoms. The molecule has 1 fully saturated rings. The van der Waals surface area contributed by atoms with Gasteiger partial charge in [0.15, 0.2) is 5.69 Å². The van der Waals surface area contributed by atoms with E-state index in [1.54, 1.807) is 22.8 Å². The first-order chi connectivity index (χ1) is 11.6. The van der Waals surface area contributed by atoms with Gasteiger partial charge >= 0.3 is 6.03 Å². The zero-order valence-electron chi connectivity index (χ0n) is 13.6. The van der Waals surface area contributed by atoms with Crippen LogP contribution in [0.1, 0.15) is 22.5 Å². The molecule has 8 heteroatoms. The molecule has 0 bridgehead atoms. The fourth-order valence-corrected chi connectivity index (χ4v) is 2.55. The molecule has 0 aliphatic carbocycles. The van der Waals surface area contributed by atoms with E-state index >= 15 is 0 Å². The van der Waals surface area contributed by atoms with Crippen LogP contribution in [0.2, 0.25) is 0 Å². The van der Waals surface area contributed by atoms with Crippen LogP contribution in [0.25, 0.3) is 0 Å². The zero-order valence-corrected chi connectivity index (χ0v) is 13.6. The van der Waals surface area contributed by atoms with Gasteiger partial charge in [0, 0.05) is 26.7 Å². The van der Waals surface area contributed by atoms with Crippen molar-refractivity contribution in [3.8, 4) is 0 Å². The summed E-state index contributed by atoms with van der Waals surface area (Å²) >= 11 is 0. The number of benzene rings is 1. The van der Waals surface area contributed by atoms with Crippen molar-refractivity contribution in [1.82, 2.24) is 30.3 Å². The van der Waals surface area contributed by atoms with E-state index in [1.807, 2.05) is 30.3 Å². The standard InChI is InChI=1S/C16H20N6O2/c1-20-9-5-10-22(16(20)24)18-15(23)14-12-21(19-17-14)11-8-13-6-3-2-4-7-13/h2-4,6-7,12H,5,8-11H2,1H3,(H,18,23). The van der Waals surface area contributed by atoms with Crippen molar-refractivity contribution in [2.75, 3.05) is 20.1 Å². The lowest BCUT2D eigenvalue weighted by Gasteiger charge is -2.32. The van der Waals surface area contributed by atoms with Gasteiger partial charge in [0.1, 0.15) is 0 Å². The molecule has 1 aromatic carbocycles. The van der Waals surface area contributed by atoms with E-state index in [2.05, 4.69) is 15.7 Å². The van der Waals surface area contributed by atoms with E-state index in [0.717, 1.165) is 12.8 Å². The Hall–Kier alpha value is -2.90. The van der Waals surface area contributed by atoms with E-state index < -0.39 is 5.91 Å². The Morgan fingerprint density at radius 1 is 1.25 bits per heavy atom. The highest BCUT2D eigenvalue weighted by atomic mass is 16.2. The molecule has 1 aromatic heterocycles. The van der Waals surface area contributed by atoms with Crippen LogP contribution in [0.4, 0.5) is 4.79 Å². The lowest BCUT2D eigenvalue weighted by atomic mass is 10.1. The first-order valence-corrected chi connectivity index (χ1v) is 7.91. The molecular formula is C16H20N6O2. The van der Waals surface area contributed by atoms with Gasteiger partial charge in [-0.25, -0.2) is 9.80 Å². The molecule has 0 radical (unpaired) electrons. The van der Waals surface area contributed by atoms with Gasteiger partial charge < -0.3 is 4.90 Å². The monoisotopic (exact) mass is 328 g/mol. The predicted molar refractivity (Wildman–Crippen MR) is 87.0 cm³/mol. The van der Waals surface area contributed by atoms with Gasteiger partial charge in [-0.15, -0.1) is 5.10 Å². The molecule has 2 heterocycles. The number of nitrogens with one attached hydrogen (secondary N) is 1. The number of aryl methyl sites for hydroxylation is 2. The second-order valence-corrected chi connectivity index (χ2v) is 5.75. The quantitative estimate of drug-likeness (QED) is 0.885. The van der Waals surface area contributed by atoms with Crippen LogP contribution in [0.5, 0.6) is 0 Å². The van der Waals surface area contributed by atoms with Crippen molar-refractivity contribution in [3.05, 3.63) is 47.8 Å². The maximum Gasteiger partial charge on any atom is 0.338 e. The van der Waals surface area contributed by atoms with E-state index in [-0.39, 0.29) is 11.7 Å². The van der Waals surface area contributed by atoms with Gasteiger partial charge in [-0.3, -0.25) is 14.9 Å². The average molecular weight is 328 g/mol. The third-order valence-corrected chi connectivity index (χ3v) is 3.91. The van der Waals surface area contributed by atoms with Gasteiger partial charge in [0.25, 0.3) is 5.91 Å². The Morgan fingerprint density at radius 2 is 2.04 bits per heavy atom. The number of hydrogen-bond donors (Lipinski definition) is 1. The van der Waals surface area contributed by atoms with Crippen molar-refractivity contribution in [2.45, 2.75) is 19.4 Å². The molecule has 3 amide bonds. The summed E-state index contributed by atoms with van der Waals surface area (Å²) in [6, 6.07) is 9.82. The number of urea groups is 1. The van der Waals surface area contributed by atoms with Gasteiger partial charge in [-0.05, 0) is 18.4 Å². The Morgan fingerprint density at radius 3 is 2.83 bits per heavy atom. The summed E-state index contributed by atoms with van der Waals surface area (Å²) in [5, 5.41) is 9.17. The van der Waals surface area contributed by atoms with Crippen molar-refractivity contribution in [1.29, 1.82) is 0 Å². The number of rotatable bonds is 5. The maximum absolute atomic E-state index is 12.2. The van der Waals surface area contributed by atoms with Crippen LogP contribution in [0.3, 0.4) is 0 Å². The molecule has 24 heavy (non-hydrogen) atoms. The molecule has 126 valence electrons. The van der Waals surface area contributed by atoms with Crippen LogP contribution < -0.4 is 5.43 Å². The third kappa shape index (κ3) is 3.70. The molecule has 0 atom stereocenters. The summed E-state index contributed by atoms with van der Waals surface area (Å²) in [6.07, 6.45) is 3.21. The Labute approximate surface area is 140 Å². The Kier molecular flexibility index (Phi) is 4.74. The minimum atomic E-state index is -0.426. The lowest BCUT2D eigenvalue weighted by Crippen LogP contribution is -2.55. The SMILES string of the molecule is CN1CCCN(NC(=O)c2cn(CCc3ccccc3)nn2)C1=O. The molecule has 1 N–H and O–H groups in total. The number of hydrazine groups is 1. The second-order valence-electron chi connectivity index (χ2n) is 5.75. The van der Waals surface area contributed by atoms with Crippen LogP contribution >= 0.6 is 0 Å². The topological polar surface area (TPSA) is 83.4 Å². The summed E-state index contributed by atoms with van der Waals surface area (Å²) in [6.45, 7) is 1.83. The van der Waals surface area contributed by atoms with Gasteiger partial charge in [0.05, 0.1) is 6.20 Å². The van der Waals surface area contributed by atoms with E-state index in [1.165, 1.54) is 10.6 Å². The maximum atomic E-state index is 12.2. The largest absolute Gasteiger partial charge is 0.338 e. The van der Waals surface area contributed by atoms with E-state index in [0.29, 0.717) is 19.6 Å². The fraction of sp³-hybridized carbons (Fsp3) is 0.375. The summed E-state index contributed by atoms with van der Waals surface area (Å²) in [4.78, 5) is 25.7. The van der Waals surface area contributed by atoms with Crippen molar-refractivity contribution >= 4 is 11.9 Å². The number of amides is 3. The first-order valence-electron chi connectivity index (χ1n) is 7.91. The van der Waals surface area contributed by atoms with Crippen LogP contribution in [-0.4, -0.2) is 57.0 Å². The predicted octanol–water partition coefficient (Wildman–Crippen LogP) is 0.923. The first kappa shape index (κ1) is 16.0. The summed E-state index contributed by atoms with van der Waals surface area (Å²) in [7, 11) is 1.71. The Bertz CT molecular complexity index is 714. The fourth-order valence-electron chi connectivity index (χ4n) is 2.55. The van der Waals surface area contributed by atoms with Crippen molar-refractivity contribution < 1.29 is 9.59 Å². The average Bonchev–Trinajstić information content (AvgIpc) is 3.07. The van der Waals surface area contributed by atoms with Gasteiger partial charge in [-0.1, -0.05) is 35.5 Å². The summed E-state index contributed by atoms with van der Waals surface area (Å²) < 4.78 is 1.63. The number of nitrogens with zero attached hydrogens (tertiary/aromatic N) is 5. The molecule has 1 aliphatic heterocycles. The minimum Gasteiger partial charge on any atom is -0.326 e. The van der Waals surface area contributed by atoms with Gasteiger partial charge in [0.2, 0.25) is 0 Å². The van der Waals surface area contributed by atoms with Crippen LogP contribution in [0.15, 0.2) is 36.5 Å². The molecule has 1 saturated heterocycles. The van der Waals surface area contributed by atoms with Crippen LogP contribution in [-0.2, 0) is 13.0 Å². The zero-order chi connectivity index (χ0) is 16.9. The van der Waals surface area contributed by atoms with Crippen LogP contribution in [0, 0.1) is 0 Å². The molecular weight excluding hydrogens is 308 g/mol. The van der Waals surface area contributed by atoms with Crippen molar-refractivity contribution in [3.63, 3.8) is 0 Å². The molecule has 1 aliphatic rings. The van der Waals surface area contributed by atoms with E-state index in [4.69, 9.17) is 0 Å². The summed E-state index contributed by atoms with van der Waals surface area (Å²) in [5.41, 5.74) is 3.98. The Balaban J connectivity index is 1.56. The number of hydrogen-bond acceptors (Lipinski definition) is 4. The highest BCUT2D eigenvalue weighted by molar-refractivity contribution is 5.93. The highest BCUT2D eigenvalue weighted by Crippen LogP contribution is 2.06. The number of aromatic nitrogens is 3. The molecule has 0 unspecified atom stereocenters. The smallest absolute Gasteiger partial charge is 0.326 e. The van der Waals surface area contributed by atoms with Gasteiger partial charge in [-0.2, -0.15) is 0 Å². The normalized spacial score (nSPS) is 14.8. The number of carbonyl (C=O) groups excluding carboxylic acids is 2. The molecule has 8 nitrogen and oxygen atoms in total. The minimum absolute atomic E-state index is 0.198. The highest BCUT2D eigenvalue weighted by Gasteiger charge is 2.25. The summed E-state index contributed by atoms with van der Waals surface area (Å²) in [5.74, 6) is -0.426. The third-order valence-electron chi connectivity index (χ3n) is 3.91. The molecule has 3 rings (SSSR count). The van der Waals surface area contributed by atoms with E-state index in [9.17, 15) is 9.59 Å². The molecule has 0 saturated carbocycles. The lowest BCUT2D eigenvalue weighted by molar-refractivity contribution is 0.0733. The molecule has 2 aromatic rings.